The summed E-state index contributed by atoms with van der Waals surface area (Å²) >= 11 is 6.04. The van der Waals surface area contributed by atoms with E-state index in [1.165, 1.54) is 13.2 Å². The molecule has 2 rings (SSSR count). The van der Waals surface area contributed by atoms with Crippen LogP contribution in [0.15, 0.2) is 18.2 Å². The van der Waals surface area contributed by atoms with Gasteiger partial charge in [0.15, 0.2) is 11.5 Å². The maximum atomic E-state index is 11.0. The van der Waals surface area contributed by atoms with Gasteiger partial charge in [0, 0.05) is 6.08 Å². The third kappa shape index (κ3) is 2.71. The zero-order valence-electron chi connectivity index (χ0n) is 9.23. The van der Waals surface area contributed by atoms with Crippen LogP contribution in [0.2, 0.25) is 5.02 Å². The van der Waals surface area contributed by atoms with Crippen molar-refractivity contribution in [3.05, 3.63) is 28.8 Å². The highest BCUT2D eigenvalue weighted by molar-refractivity contribution is 6.32. The van der Waals surface area contributed by atoms with Crippen LogP contribution in [0.1, 0.15) is 5.56 Å². The number of esters is 1. The van der Waals surface area contributed by atoms with Gasteiger partial charge < -0.3 is 14.2 Å². The lowest BCUT2D eigenvalue weighted by atomic mass is 10.2. The summed E-state index contributed by atoms with van der Waals surface area (Å²) in [7, 11) is 1.32. The minimum absolute atomic E-state index is 0.420. The Morgan fingerprint density at radius 3 is 2.94 bits per heavy atom. The SMILES string of the molecule is COC(=O)/C=C/c1cc(Cl)c2c(c1)OCCO2. The predicted molar refractivity (Wildman–Crippen MR) is 63.5 cm³/mol. The molecular weight excluding hydrogens is 244 g/mol. The number of fused-ring (bicyclic) bond motifs is 1. The largest absolute Gasteiger partial charge is 0.486 e. The fourth-order valence-corrected chi connectivity index (χ4v) is 1.73. The quantitative estimate of drug-likeness (QED) is 0.600. The summed E-state index contributed by atoms with van der Waals surface area (Å²) in [6.45, 7) is 0.984. The van der Waals surface area contributed by atoms with E-state index >= 15 is 0 Å². The summed E-state index contributed by atoms with van der Waals surface area (Å²) in [6, 6.07) is 3.47. The van der Waals surface area contributed by atoms with Crippen LogP contribution in [0, 0.1) is 0 Å². The summed E-state index contributed by atoms with van der Waals surface area (Å²) < 4.78 is 15.3. The first-order chi connectivity index (χ1) is 8.20. The van der Waals surface area contributed by atoms with Gasteiger partial charge >= 0.3 is 5.97 Å². The van der Waals surface area contributed by atoms with Crippen molar-refractivity contribution in [2.45, 2.75) is 0 Å². The Labute approximate surface area is 104 Å². The van der Waals surface area contributed by atoms with Gasteiger partial charge in [-0.15, -0.1) is 0 Å². The van der Waals surface area contributed by atoms with Gasteiger partial charge in [-0.3, -0.25) is 0 Å². The second-order valence-electron chi connectivity index (χ2n) is 3.38. The lowest BCUT2D eigenvalue weighted by Gasteiger charge is -2.19. The zero-order chi connectivity index (χ0) is 12.3. The van der Waals surface area contributed by atoms with Crippen LogP contribution in [-0.4, -0.2) is 26.3 Å². The lowest BCUT2D eigenvalue weighted by molar-refractivity contribution is -0.134. The molecular formula is C12H11ClO4. The molecule has 0 N–H and O–H groups in total. The zero-order valence-corrected chi connectivity index (χ0v) is 9.99. The second kappa shape index (κ2) is 5.10. The first-order valence-corrected chi connectivity index (χ1v) is 5.43. The fourth-order valence-electron chi connectivity index (χ4n) is 1.46. The maximum absolute atomic E-state index is 11.0. The summed E-state index contributed by atoms with van der Waals surface area (Å²) in [6.07, 6.45) is 2.93. The van der Waals surface area contributed by atoms with Crippen molar-refractivity contribution in [1.29, 1.82) is 0 Å². The topological polar surface area (TPSA) is 44.8 Å². The molecule has 90 valence electrons. The fraction of sp³-hybridized carbons (Fsp3) is 0.250. The molecule has 1 aromatic carbocycles. The molecule has 0 spiro atoms. The molecule has 0 bridgehead atoms. The van der Waals surface area contributed by atoms with Crippen molar-refractivity contribution >= 4 is 23.6 Å². The molecule has 0 fully saturated rings. The molecule has 0 saturated heterocycles. The average molecular weight is 255 g/mol. The normalized spacial score (nSPS) is 13.8. The maximum Gasteiger partial charge on any atom is 0.330 e. The minimum Gasteiger partial charge on any atom is -0.486 e. The van der Waals surface area contributed by atoms with Crippen LogP contribution in [-0.2, 0) is 9.53 Å². The van der Waals surface area contributed by atoms with E-state index in [1.807, 2.05) is 0 Å². The Morgan fingerprint density at radius 1 is 1.41 bits per heavy atom. The van der Waals surface area contributed by atoms with Crippen molar-refractivity contribution in [1.82, 2.24) is 0 Å². The highest BCUT2D eigenvalue weighted by Gasteiger charge is 2.15. The Bertz CT molecular complexity index is 468. The van der Waals surface area contributed by atoms with E-state index in [0.717, 1.165) is 5.56 Å². The third-order valence-electron chi connectivity index (χ3n) is 2.23. The first-order valence-electron chi connectivity index (χ1n) is 5.06. The molecule has 1 aliphatic heterocycles. The van der Waals surface area contributed by atoms with Gasteiger partial charge in [-0.2, -0.15) is 0 Å². The van der Waals surface area contributed by atoms with Gasteiger partial charge in [0.05, 0.1) is 12.1 Å². The highest BCUT2D eigenvalue weighted by atomic mass is 35.5. The molecule has 1 heterocycles. The number of hydrogen-bond donors (Lipinski definition) is 0. The summed E-state index contributed by atoms with van der Waals surface area (Å²) in [5.74, 6) is 0.720. The molecule has 17 heavy (non-hydrogen) atoms. The van der Waals surface area contributed by atoms with E-state index in [1.54, 1.807) is 18.2 Å². The summed E-state index contributed by atoms with van der Waals surface area (Å²) in [4.78, 5) is 11.0. The van der Waals surface area contributed by atoms with Crippen LogP contribution in [0.25, 0.3) is 6.08 Å². The van der Waals surface area contributed by atoms with Crippen LogP contribution >= 0.6 is 11.6 Å². The molecule has 0 aliphatic carbocycles. The highest BCUT2D eigenvalue weighted by Crippen LogP contribution is 2.38. The van der Waals surface area contributed by atoms with Crippen molar-refractivity contribution in [2.75, 3.05) is 20.3 Å². The summed E-state index contributed by atoms with van der Waals surface area (Å²) in [5.41, 5.74) is 0.754. The average Bonchev–Trinajstić information content (AvgIpc) is 2.36. The molecule has 5 heteroatoms. The molecule has 0 saturated carbocycles. The van der Waals surface area contributed by atoms with Crippen LogP contribution < -0.4 is 9.47 Å². The molecule has 0 radical (unpaired) electrons. The number of carbonyl (C=O) groups excluding carboxylic acids is 1. The lowest BCUT2D eigenvalue weighted by Crippen LogP contribution is -2.15. The van der Waals surface area contributed by atoms with E-state index in [9.17, 15) is 4.79 Å². The first kappa shape index (κ1) is 11.8. The van der Waals surface area contributed by atoms with E-state index < -0.39 is 5.97 Å². The number of methoxy groups -OCH3 is 1. The summed E-state index contributed by atoms with van der Waals surface area (Å²) in [5, 5.41) is 0.465. The van der Waals surface area contributed by atoms with E-state index in [0.29, 0.717) is 29.7 Å². The van der Waals surface area contributed by atoms with Crippen LogP contribution in [0.3, 0.4) is 0 Å². The number of rotatable bonds is 2. The number of benzene rings is 1. The Balaban J connectivity index is 2.28. The molecule has 1 aromatic rings. The van der Waals surface area contributed by atoms with Crippen LogP contribution in [0.4, 0.5) is 0 Å². The van der Waals surface area contributed by atoms with Crippen molar-refractivity contribution < 1.29 is 19.0 Å². The number of hydrogen-bond acceptors (Lipinski definition) is 4. The van der Waals surface area contributed by atoms with Crippen LogP contribution in [0.5, 0.6) is 11.5 Å². The Morgan fingerprint density at radius 2 is 2.18 bits per heavy atom. The Hall–Kier alpha value is -1.68. The molecule has 4 nitrogen and oxygen atoms in total. The van der Waals surface area contributed by atoms with E-state index in [4.69, 9.17) is 21.1 Å². The monoisotopic (exact) mass is 254 g/mol. The van der Waals surface area contributed by atoms with Gasteiger partial charge in [0.2, 0.25) is 0 Å². The second-order valence-corrected chi connectivity index (χ2v) is 3.79. The number of ether oxygens (including phenoxy) is 3. The van der Waals surface area contributed by atoms with Gasteiger partial charge in [0.25, 0.3) is 0 Å². The van der Waals surface area contributed by atoms with E-state index in [-0.39, 0.29) is 0 Å². The Kier molecular flexibility index (Phi) is 3.54. The third-order valence-corrected chi connectivity index (χ3v) is 2.51. The standard InChI is InChI=1S/C12H11ClO4/c1-15-11(14)3-2-8-6-9(13)12-10(7-8)16-4-5-17-12/h2-3,6-7H,4-5H2,1H3/b3-2+. The van der Waals surface area contributed by atoms with Gasteiger partial charge in [-0.05, 0) is 23.8 Å². The molecule has 0 atom stereocenters. The van der Waals surface area contributed by atoms with Crippen molar-refractivity contribution in [3.8, 4) is 11.5 Å². The van der Waals surface area contributed by atoms with Gasteiger partial charge in [-0.1, -0.05) is 11.6 Å². The molecule has 1 aliphatic rings. The minimum atomic E-state index is -0.420. The smallest absolute Gasteiger partial charge is 0.330 e. The van der Waals surface area contributed by atoms with Gasteiger partial charge in [0.1, 0.15) is 13.2 Å². The number of carbonyl (C=O) groups is 1. The van der Waals surface area contributed by atoms with E-state index in [2.05, 4.69) is 4.74 Å². The van der Waals surface area contributed by atoms with Crippen molar-refractivity contribution in [3.63, 3.8) is 0 Å². The van der Waals surface area contributed by atoms with Crippen molar-refractivity contribution in [2.24, 2.45) is 0 Å². The molecule has 0 aromatic heterocycles. The molecule has 0 amide bonds. The molecule has 0 unspecified atom stereocenters. The van der Waals surface area contributed by atoms with Gasteiger partial charge in [-0.25, -0.2) is 4.79 Å². The number of halogens is 1. The predicted octanol–water partition coefficient (Wildman–Crippen LogP) is 2.30.